The van der Waals surface area contributed by atoms with Crippen LogP contribution >= 0.6 is 28.3 Å². The third-order valence-electron chi connectivity index (χ3n) is 1.77. The predicted octanol–water partition coefficient (Wildman–Crippen LogP) is 2.21. The molecule has 0 fully saturated rings. The Labute approximate surface area is 90.3 Å². The summed E-state index contributed by atoms with van der Waals surface area (Å²) in [5.41, 5.74) is 7.54. The molecule has 0 spiro atoms. The van der Waals surface area contributed by atoms with Gasteiger partial charge in [-0.15, -0.1) is 12.4 Å². The van der Waals surface area contributed by atoms with Gasteiger partial charge in [-0.1, -0.05) is 0 Å². The number of hydrogen-bond donors (Lipinski definition) is 2. The summed E-state index contributed by atoms with van der Waals surface area (Å²) in [7, 11) is 0. The van der Waals surface area contributed by atoms with Gasteiger partial charge in [-0.05, 0) is 22.0 Å². The number of fused-ring (bicyclic) bond motifs is 1. The molecule has 0 aliphatic heterocycles. The minimum absolute atomic E-state index is 0. The van der Waals surface area contributed by atoms with Crippen molar-refractivity contribution < 1.29 is 0 Å². The van der Waals surface area contributed by atoms with E-state index in [9.17, 15) is 0 Å². The number of pyridine rings is 1. The zero-order valence-electron chi connectivity index (χ0n) is 6.75. The van der Waals surface area contributed by atoms with Crippen LogP contribution in [0.5, 0.6) is 0 Å². The van der Waals surface area contributed by atoms with Gasteiger partial charge >= 0.3 is 0 Å². The van der Waals surface area contributed by atoms with Crippen molar-refractivity contribution in [2.24, 2.45) is 5.73 Å². The third-order valence-corrected chi connectivity index (χ3v) is 2.40. The first-order valence-corrected chi connectivity index (χ1v) is 4.41. The van der Waals surface area contributed by atoms with E-state index < -0.39 is 0 Å². The van der Waals surface area contributed by atoms with Gasteiger partial charge in [-0.25, -0.2) is 0 Å². The number of nitrogens with one attached hydrogen (secondary N) is 1. The highest BCUT2D eigenvalue weighted by Gasteiger charge is 2.01. The summed E-state index contributed by atoms with van der Waals surface area (Å²) in [5.74, 6) is 0. The number of hydrogen-bond acceptors (Lipinski definition) is 2. The molecule has 0 aromatic carbocycles. The van der Waals surface area contributed by atoms with Crippen molar-refractivity contribution in [1.82, 2.24) is 9.97 Å². The lowest BCUT2D eigenvalue weighted by Crippen LogP contribution is -1.94. The molecule has 3 N–H and O–H groups in total. The number of halogens is 2. The Morgan fingerprint density at radius 1 is 1.46 bits per heavy atom. The minimum atomic E-state index is 0. The van der Waals surface area contributed by atoms with E-state index in [0.29, 0.717) is 6.54 Å². The summed E-state index contributed by atoms with van der Waals surface area (Å²) in [6.45, 7) is 0.529. The molecule has 0 saturated carbocycles. The average Bonchev–Trinajstić information content (AvgIpc) is 2.49. The van der Waals surface area contributed by atoms with Crippen molar-refractivity contribution >= 4 is 39.2 Å². The number of H-pyrrole nitrogens is 1. The topological polar surface area (TPSA) is 54.7 Å². The molecule has 2 aromatic rings. The normalized spacial score (nSPS) is 10.0. The van der Waals surface area contributed by atoms with Crippen molar-refractivity contribution in [3.05, 3.63) is 28.6 Å². The highest BCUT2D eigenvalue weighted by molar-refractivity contribution is 9.10. The van der Waals surface area contributed by atoms with Crippen molar-refractivity contribution in [3.8, 4) is 0 Å². The number of nitrogens with two attached hydrogens (primary N) is 1. The Kier molecular flexibility index (Phi) is 3.30. The second-order valence-electron chi connectivity index (χ2n) is 2.58. The zero-order valence-corrected chi connectivity index (χ0v) is 9.15. The number of nitrogens with zero attached hydrogens (tertiary/aromatic N) is 1. The molecule has 0 radical (unpaired) electrons. The number of rotatable bonds is 1. The van der Waals surface area contributed by atoms with Crippen LogP contribution in [-0.2, 0) is 6.54 Å². The largest absolute Gasteiger partial charge is 0.356 e. The Bertz CT molecular complexity index is 413. The van der Waals surface area contributed by atoms with E-state index in [-0.39, 0.29) is 12.4 Å². The van der Waals surface area contributed by atoms with Crippen LogP contribution < -0.4 is 5.73 Å². The molecule has 70 valence electrons. The van der Waals surface area contributed by atoms with Crippen LogP contribution in [0.4, 0.5) is 0 Å². The second kappa shape index (κ2) is 4.09. The first-order chi connectivity index (χ1) is 5.81. The smallest absolute Gasteiger partial charge is 0.0654 e. The summed E-state index contributed by atoms with van der Waals surface area (Å²) in [6.07, 6.45) is 3.57. The molecule has 3 nitrogen and oxygen atoms in total. The molecular formula is C8H9BrClN3. The molecule has 0 aliphatic rings. The van der Waals surface area contributed by atoms with Crippen LogP contribution in [0.25, 0.3) is 10.9 Å². The fourth-order valence-corrected chi connectivity index (χ4v) is 1.63. The fraction of sp³-hybridized carbons (Fsp3) is 0.125. The standard InChI is InChI=1S/C8H8BrN3.ClH/c9-7-3-11-4-8-6(7)1-5(2-10)12-8;/h1,3-4,12H,2,10H2;1H. The Morgan fingerprint density at radius 3 is 2.85 bits per heavy atom. The van der Waals surface area contributed by atoms with Gasteiger partial charge in [-0.3, -0.25) is 4.98 Å². The maximum atomic E-state index is 5.50. The van der Waals surface area contributed by atoms with Gasteiger partial charge < -0.3 is 10.7 Å². The lowest BCUT2D eigenvalue weighted by Gasteiger charge is -1.89. The number of aromatic amines is 1. The SMILES string of the molecule is Cl.NCc1cc2c(Br)cncc2[nH]1. The highest BCUT2D eigenvalue weighted by atomic mass is 79.9. The summed E-state index contributed by atoms with van der Waals surface area (Å²) in [6, 6.07) is 2.03. The highest BCUT2D eigenvalue weighted by Crippen LogP contribution is 2.22. The van der Waals surface area contributed by atoms with Gasteiger partial charge in [0, 0.05) is 28.3 Å². The van der Waals surface area contributed by atoms with E-state index in [1.807, 2.05) is 6.07 Å². The van der Waals surface area contributed by atoms with Crippen LogP contribution in [0.15, 0.2) is 22.9 Å². The van der Waals surface area contributed by atoms with E-state index in [1.165, 1.54) is 0 Å². The van der Waals surface area contributed by atoms with Gasteiger partial charge in [-0.2, -0.15) is 0 Å². The van der Waals surface area contributed by atoms with Crippen LogP contribution in [0.3, 0.4) is 0 Å². The van der Waals surface area contributed by atoms with Crippen molar-refractivity contribution in [3.63, 3.8) is 0 Å². The monoisotopic (exact) mass is 261 g/mol. The van der Waals surface area contributed by atoms with Crippen molar-refractivity contribution in [2.45, 2.75) is 6.54 Å². The molecule has 0 unspecified atom stereocenters. The molecule has 0 bridgehead atoms. The van der Waals surface area contributed by atoms with Gasteiger partial charge in [0.25, 0.3) is 0 Å². The van der Waals surface area contributed by atoms with E-state index in [4.69, 9.17) is 5.73 Å². The first-order valence-electron chi connectivity index (χ1n) is 3.62. The lowest BCUT2D eigenvalue weighted by atomic mass is 10.3. The molecule has 0 aliphatic carbocycles. The van der Waals surface area contributed by atoms with Crippen LogP contribution in [0.1, 0.15) is 5.69 Å². The average molecular weight is 263 g/mol. The summed E-state index contributed by atoms with van der Waals surface area (Å²) >= 11 is 3.42. The van der Waals surface area contributed by atoms with E-state index in [2.05, 4.69) is 25.9 Å². The van der Waals surface area contributed by atoms with Crippen LogP contribution in [-0.4, -0.2) is 9.97 Å². The fourth-order valence-electron chi connectivity index (χ4n) is 1.18. The van der Waals surface area contributed by atoms with E-state index in [0.717, 1.165) is 21.1 Å². The molecule has 2 rings (SSSR count). The first kappa shape index (κ1) is 10.5. The van der Waals surface area contributed by atoms with Gasteiger partial charge in [0.05, 0.1) is 11.7 Å². The molecule has 2 heterocycles. The van der Waals surface area contributed by atoms with Crippen LogP contribution in [0.2, 0.25) is 0 Å². The molecule has 0 saturated heterocycles. The Hall–Kier alpha value is -0.580. The van der Waals surface area contributed by atoms with Gasteiger partial charge in [0.2, 0.25) is 0 Å². The zero-order chi connectivity index (χ0) is 8.55. The second-order valence-corrected chi connectivity index (χ2v) is 3.44. The van der Waals surface area contributed by atoms with Gasteiger partial charge in [0.1, 0.15) is 0 Å². The summed E-state index contributed by atoms with van der Waals surface area (Å²) in [4.78, 5) is 7.21. The van der Waals surface area contributed by atoms with E-state index >= 15 is 0 Å². The molecule has 13 heavy (non-hydrogen) atoms. The number of aromatic nitrogens is 2. The summed E-state index contributed by atoms with van der Waals surface area (Å²) in [5, 5.41) is 1.13. The van der Waals surface area contributed by atoms with Gasteiger partial charge in [0.15, 0.2) is 0 Å². The maximum Gasteiger partial charge on any atom is 0.0654 e. The Morgan fingerprint density at radius 2 is 2.23 bits per heavy atom. The molecular weight excluding hydrogens is 253 g/mol. The summed E-state index contributed by atoms with van der Waals surface area (Å²) < 4.78 is 0.996. The maximum absolute atomic E-state index is 5.50. The van der Waals surface area contributed by atoms with E-state index in [1.54, 1.807) is 12.4 Å². The molecule has 2 aromatic heterocycles. The Balaban J connectivity index is 0.000000845. The predicted molar refractivity (Wildman–Crippen MR) is 58.9 cm³/mol. The third kappa shape index (κ3) is 1.85. The van der Waals surface area contributed by atoms with Crippen molar-refractivity contribution in [1.29, 1.82) is 0 Å². The molecule has 0 atom stereocenters. The molecule has 5 heteroatoms. The van der Waals surface area contributed by atoms with Crippen LogP contribution in [0, 0.1) is 0 Å². The molecule has 0 amide bonds. The quantitative estimate of drug-likeness (QED) is 0.828. The van der Waals surface area contributed by atoms with Crippen molar-refractivity contribution in [2.75, 3.05) is 0 Å². The lowest BCUT2D eigenvalue weighted by molar-refractivity contribution is 1.02. The minimum Gasteiger partial charge on any atom is -0.356 e.